The maximum Gasteiger partial charge on any atom is 0.316 e. The summed E-state index contributed by atoms with van der Waals surface area (Å²) >= 11 is 0. The number of aryl methyl sites for hydroxylation is 1. The maximum absolute atomic E-state index is 11.5. The summed E-state index contributed by atoms with van der Waals surface area (Å²) < 4.78 is 2.39. The molecule has 0 unspecified atom stereocenters. The monoisotopic (exact) mass is 208 g/mol. The molecule has 0 amide bonds. The lowest BCUT2D eigenvalue weighted by atomic mass is 10.2. The highest BCUT2D eigenvalue weighted by atomic mass is 16.2. The average Bonchev–Trinajstić information content (AvgIpc) is 3.02. The molecule has 1 heterocycles. The van der Waals surface area contributed by atoms with Crippen LogP contribution in [0.4, 0.5) is 0 Å². The summed E-state index contributed by atoms with van der Waals surface area (Å²) in [7, 11) is 1.51. The topological polar surface area (TPSA) is 61.1 Å². The van der Waals surface area contributed by atoms with Crippen LogP contribution in [0.5, 0.6) is 0 Å². The Bertz CT molecular complexity index is 508. The number of nitrogens with zero attached hydrogens (tertiary/aromatic N) is 2. The Labute approximate surface area is 86.0 Å². The second-order valence-electron chi connectivity index (χ2n) is 3.89. The minimum atomic E-state index is -0.631. The first-order valence-electron chi connectivity index (χ1n) is 4.88. The molecule has 15 heavy (non-hydrogen) atoms. The van der Waals surface area contributed by atoms with Gasteiger partial charge in [-0.1, -0.05) is 0 Å². The van der Waals surface area contributed by atoms with Gasteiger partial charge in [0, 0.05) is 25.4 Å². The summed E-state index contributed by atoms with van der Waals surface area (Å²) in [5, 5.41) is 0. The summed E-state index contributed by atoms with van der Waals surface area (Å²) in [4.78, 5) is 34.2. The van der Waals surface area contributed by atoms with Crippen molar-refractivity contribution >= 4 is 5.78 Å². The van der Waals surface area contributed by atoms with Crippen molar-refractivity contribution in [1.29, 1.82) is 0 Å². The Hall–Kier alpha value is -1.65. The van der Waals surface area contributed by atoms with Gasteiger partial charge in [-0.05, 0) is 12.8 Å². The lowest BCUT2D eigenvalue weighted by Gasteiger charge is -2.04. The lowest BCUT2D eigenvalue weighted by molar-refractivity contribution is -0.120. The van der Waals surface area contributed by atoms with Crippen molar-refractivity contribution < 1.29 is 4.79 Å². The fourth-order valence-corrected chi connectivity index (χ4v) is 1.42. The smallest absolute Gasteiger partial charge is 0.312 e. The Morgan fingerprint density at radius 3 is 2.60 bits per heavy atom. The first-order chi connectivity index (χ1) is 7.09. The van der Waals surface area contributed by atoms with Crippen LogP contribution in [0.1, 0.15) is 12.8 Å². The molecule has 0 N–H and O–H groups in total. The molecular formula is C10H12N2O3. The van der Waals surface area contributed by atoms with E-state index in [1.165, 1.54) is 28.6 Å². The molecule has 1 aromatic rings. The van der Waals surface area contributed by atoms with E-state index in [9.17, 15) is 14.4 Å². The number of hydrogen-bond donors (Lipinski definition) is 0. The van der Waals surface area contributed by atoms with E-state index in [2.05, 4.69) is 0 Å². The van der Waals surface area contributed by atoms with E-state index in [4.69, 9.17) is 0 Å². The molecule has 1 saturated carbocycles. The number of hydrogen-bond acceptors (Lipinski definition) is 3. The zero-order valence-corrected chi connectivity index (χ0v) is 8.47. The zero-order chi connectivity index (χ0) is 11.0. The molecule has 0 aliphatic heterocycles. The second-order valence-corrected chi connectivity index (χ2v) is 3.89. The van der Waals surface area contributed by atoms with E-state index >= 15 is 0 Å². The van der Waals surface area contributed by atoms with Crippen molar-refractivity contribution in [3.8, 4) is 0 Å². The molecule has 80 valence electrons. The molecule has 0 saturated heterocycles. The van der Waals surface area contributed by atoms with Gasteiger partial charge in [-0.2, -0.15) is 0 Å². The van der Waals surface area contributed by atoms with E-state index in [0.717, 1.165) is 12.8 Å². The molecule has 5 heteroatoms. The highest BCUT2D eigenvalue weighted by molar-refractivity contribution is 5.82. The van der Waals surface area contributed by atoms with Crippen LogP contribution in [0, 0.1) is 5.92 Å². The van der Waals surface area contributed by atoms with Crippen LogP contribution in [0.15, 0.2) is 22.0 Å². The van der Waals surface area contributed by atoms with Gasteiger partial charge in [0.05, 0.1) is 6.54 Å². The van der Waals surface area contributed by atoms with E-state index in [1.54, 1.807) is 0 Å². The Balaban J connectivity index is 2.29. The quantitative estimate of drug-likeness (QED) is 0.631. The van der Waals surface area contributed by atoms with Gasteiger partial charge in [-0.25, -0.2) is 0 Å². The molecule has 1 fully saturated rings. The third-order valence-electron chi connectivity index (χ3n) is 2.59. The highest BCUT2D eigenvalue weighted by Gasteiger charge is 2.29. The highest BCUT2D eigenvalue weighted by Crippen LogP contribution is 2.29. The second kappa shape index (κ2) is 3.49. The molecule has 0 aromatic carbocycles. The zero-order valence-electron chi connectivity index (χ0n) is 8.47. The summed E-state index contributed by atoms with van der Waals surface area (Å²) in [5.74, 6) is 0.159. The van der Waals surface area contributed by atoms with Crippen molar-refractivity contribution in [3.05, 3.63) is 33.1 Å². The molecule has 5 nitrogen and oxygen atoms in total. The van der Waals surface area contributed by atoms with Gasteiger partial charge in [-0.3, -0.25) is 14.4 Å². The molecule has 0 atom stereocenters. The van der Waals surface area contributed by atoms with Crippen LogP contribution < -0.4 is 11.1 Å². The van der Waals surface area contributed by atoms with Crippen LogP contribution in [0.2, 0.25) is 0 Å². The fourth-order valence-electron chi connectivity index (χ4n) is 1.42. The third kappa shape index (κ3) is 1.91. The minimum absolute atomic E-state index is 0.0274. The predicted octanol–water partition coefficient (Wildman–Crippen LogP) is -0.474. The summed E-state index contributed by atoms with van der Waals surface area (Å²) in [5.41, 5.74) is -1.23. The molecule has 1 aliphatic rings. The van der Waals surface area contributed by atoms with Crippen LogP contribution in [0.3, 0.4) is 0 Å². The lowest BCUT2D eigenvalue weighted by Crippen LogP contribution is -2.40. The molecule has 0 radical (unpaired) electrons. The van der Waals surface area contributed by atoms with E-state index in [-0.39, 0.29) is 18.2 Å². The molecule has 1 aromatic heterocycles. The van der Waals surface area contributed by atoms with Crippen LogP contribution in [-0.2, 0) is 18.4 Å². The SMILES string of the molecule is Cn1ccn(CC(=O)C2CC2)c(=O)c1=O. The van der Waals surface area contributed by atoms with Gasteiger partial charge >= 0.3 is 11.1 Å². The van der Waals surface area contributed by atoms with Crippen molar-refractivity contribution in [2.75, 3.05) is 0 Å². The minimum Gasteiger partial charge on any atom is -0.312 e. The average molecular weight is 208 g/mol. The third-order valence-corrected chi connectivity index (χ3v) is 2.59. The van der Waals surface area contributed by atoms with E-state index < -0.39 is 11.1 Å². The molecule has 1 aliphatic carbocycles. The Kier molecular flexibility index (Phi) is 2.30. The normalized spacial score (nSPS) is 15.3. The Morgan fingerprint density at radius 1 is 1.33 bits per heavy atom. The van der Waals surface area contributed by atoms with Crippen molar-refractivity contribution in [2.45, 2.75) is 19.4 Å². The standard InChI is InChI=1S/C10H12N2O3/c1-11-4-5-12(10(15)9(11)14)6-8(13)7-2-3-7/h4-5,7H,2-3,6H2,1H3. The van der Waals surface area contributed by atoms with E-state index in [0.29, 0.717) is 0 Å². The van der Waals surface area contributed by atoms with Crippen LogP contribution in [0.25, 0.3) is 0 Å². The molecule has 0 spiro atoms. The largest absolute Gasteiger partial charge is 0.316 e. The van der Waals surface area contributed by atoms with Gasteiger partial charge in [0.25, 0.3) is 0 Å². The molecular weight excluding hydrogens is 196 g/mol. The van der Waals surface area contributed by atoms with E-state index in [1.807, 2.05) is 0 Å². The van der Waals surface area contributed by atoms with Gasteiger partial charge < -0.3 is 9.13 Å². The number of rotatable bonds is 3. The summed E-state index contributed by atoms with van der Waals surface area (Å²) in [6.45, 7) is 0.0274. The van der Waals surface area contributed by atoms with Gasteiger partial charge in [0.15, 0.2) is 5.78 Å². The van der Waals surface area contributed by atoms with Crippen LogP contribution in [-0.4, -0.2) is 14.9 Å². The predicted molar refractivity (Wildman–Crippen MR) is 53.7 cm³/mol. The first-order valence-corrected chi connectivity index (χ1v) is 4.88. The van der Waals surface area contributed by atoms with Gasteiger partial charge in [-0.15, -0.1) is 0 Å². The van der Waals surface area contributed by atoms with Crippen molar-refractivity contribution in [3.63, 3.8) is 0 Å². The maximum atomic E-state index is 11.5. The summed E-state index contributed by atoms with van der Waals surface area (Å²) in [6.07, 6.45) is 4.80. The van der Waals surface area contributed by atoms with Gasteiger partial charge in [0.1, 0.15) is 0 Å². The fraction of sp³-hybridized carbons (Fsp3) is 0.500. The van der Waals surface area contributed by atoms with Crippen LogP contribution >= 0.6 is 0 Å². The molecule has 0 bridgehead atoms. The number of carbonyl (C=O) groups is 1. The number of ketones is 1. The number of carbonyl (C=O) groups excluding carboxylic acids is 1. The Morgan fingerprint density at radius 2 is 2.00 bits per heavy atom. The summed E-state index contributed by atoms with van der Waals surface area (Å²) in [6, 6.07) is 0. The van der Waals surface area contributed by atoms with Crippen molar-refractivity contribution in [1.82, 2.24) is 9.13 Å². The first kappa shape index (κ1) is 9.89. The molecule has 2 rings (SSSR count). The van der Waals surface area contributed by atoms with Crippen molar-refractivity contribution in [2.24, 2.45) is 13.0 Å². The number of Topliss-reactive ketones (excluding diaryl/α,β-unsaturated/α-hetero) is 1. The number of aromatic nitrogens is 2. The van der Waals surface area contributed by atoms with Gasteiger partial charge in [0.2, 0.25) is 0 Å².